The number of likely N-dealkylation sites (tertiary alicyclic amines) is 1. The molecule has 0 unspecified atom stereocenters. The highest BCUT2D eigenvalue weighted by Gasteiger charge is 2.53. The van der Waals surface area contributed by atoms with Crippen molar-refractivity contribution < 1.29 is 46.9 Å². The fraction of sp³-hybridized carbons (Fsp3) is 0.474. The van der Waals surface area contributed by atoms with E-state index in [1.165, 1.54) is 0 Å². The number of ether oxygens (including phenoxy) is 3. The standard InChI is InChI=1S/C19H23N3O10S/c1-10-5-15(24)22(10)16(17(25)26)19(2,33(28)29)8-30-18(27)21-20-14(23)7-11-3-4-12-13(6-11)32-9-31-12/h3-4,6,10,16,33H,5,7-9H2,1-2H3,(H,20,23)(H,21,27)(H,25,26)/t10-,16+,19+/m1/s1. The van der Waals surface area contributed by atoms with Crippen molar-refractivity contribution in [2.75, 3.05) is 13.4 Å². The summed E-state index contributed by atoms with van der Waals surface area (Å²) in [5.74, 6) is -1.63. The number of nitrogens with one attached hydrogen (secondary N) is 2. The summed E-state index contributed by atoms with van der Waals surface area (Å²) in [6, 6.07) is 2.67. The fourth-order valence-corrected chi connectivity index (χ4v) is 4.16. The lowest BCUT2D eigenvalue weighted by Crippen LogP contribution is -2.67. The van der Waals surface area contributed by atoms with Crippen LogP contribution < -0.4 is 20.3 Å². The van der Waals surface area contributed by atoms with E-state index >= 15 is 0 Å². The second-order valence-electron chi connectivity index (χ2n) is 7.82. The molecule has 0 radical (unpaired) electrons. The van der Waals surface area contributed by atoms with Crippen LogP contribution in [0.1, 0.15) is 25.8 Å². The number of carboxylic acids is 1. The third kappa shape index (κ3) is 5.10. The topological polar surface area (TPSA) is 178 Å². The maximum absolute atomic E-state index is 12.1. The monoisotopic (exact) mass is 485 g/mol. The lowest BCUT2D eigenvalue weighted by Gasteiger charge is -2.46. The fourth-order valence-electron chi connectivity index (χ4n) is 3.55. The molecule has 3 amide bonds. The molecule has 1 fully saturated rings. The summed E-state index contributed by atoms with van der Waals surface area (Å²) in [5, 5.41) is 9.58. The first-order valence-electron chi connectivity index (χ1n) is 9.81. The van der Waals surface area contributed by atoms with Crippen LogP contribution >= 0.6 is 0 Å². The van der Waals surface area contributed by atoms with Gasteiger partial charge in [0.1, 0.15) is 11.4 Å². The molecule has 1 saturated heterocycles. The lowest BCUT2D eigenvalue weighted by atomic mass is 9.92. The predicted molar refractivity (Wildman–Crippen MR) is 110 cm³/mol. The second kappa shape index (κ2) is 9.52. The summed E-state index contributed by atoms with van der Waals surface area (Å²) in [6.07, 6.45) is -1.23. The van der Waals surface area contributed by atoms with Gasteiger partial charge < -0.3 is 24.2 Å². The van der Waals surface area contributed by atoms with Crippen molar-refractivity contribution in [1.82, 2.24) is 15.8 Å². The van der Waals surface area contributed by atoms with Crippen LogP contribution in [0.5, 0.6) is 11.5 Å². The Hall–Kier alpha value is -3.55. The number of rotatable bonds is 8. The highest BCUT2D eigenvalue weighted by atomic mass is 32.2. The maximum atomic E-state index is 12.1. The summed E-state index contributed by atoms with van der Waals surface area (Å²) in [4.78, 5) is 48.6. The Morgan fingerprint density at radius 3 is 2.58 bits per heavy atom. The van der Waals surface area contributed by atoms with Gasteiger partial charge in [-0.05, 0) is 31.5 Å². The van der Waals surface area contributed by atoms with E-state index in [-0.39, 0.29) is 19.6 Å². The largest absolute Gasteiger partial charge is 0.480 e. The third-order valence-electron chi connectivity index (χ3n) is 5.35. The van der Waals surface area contributed by atoms with Crippen molar-refractivity contribution in [3.05, 3.63) is 23.8 Å². The number of carbonyl (C=O) groups excluding carboxylic acids is 3. The molecule has 1 aromatic carbocycles. The molecular formula is C19H23N3O10S. The molecule has 2 aliphatic rings. The number of aliphatic carboxylic acids is 1. The van der Waals surface area contributed by atoms with Crippen LogP contribution in [0.2, 0.25) is 0 Å². The Labute approximate surface area is 189 Å². The van der Waals surface area contributed by atoms with Crippen molar-refractivity contribution >= 4 is 34.6 Å². The Morgan fingerprint density at radius 2 is 1.97 bits per heavy atom. The van der Waals surface area contributed by atoms with E-state index < -0.39 is 58.0 Å². The van der Waals surface area contributed by atoms with Crippen LogP contribution in [0.4, 0.5) is 4.79 Å². The van der Waals surface area contributed by atoms with Gasteiger partial charge >= 0.3 is 12.1 Å². The first kappa shape index (κ1) is 24.1. The van der Waals surface area contributed by atoms with Gasteiger partial charge in [0.2, 0.25) is 18.6 Å². The zero-order chi connectivity index (χ0) is 24.3. The molecule has 3 rings (SSSR count). The molecule has 180 valence electrons. The van der Waals surface area contributed by atoms with Crippen LogP contribution in [-0.4, -0.2) is 72.5 Å². The highest BCUT2D eigenvalue weighted by Crippen LogP contribution is 2.33. The number of carbonyl (C=O) groups is 4. The Balaban J connectivity index is 1.55. The molecule has 2 heterocycles. The second-order valence-corrected chi connectivity index (χ2v) is 9.36. The number of amides is 3. The van der Waals surface area contributed by atoms with Crippen LogP contribution in [0.15, 0.2) is 18.2 Å². The summed E-state index contributed by atoms with van der Waals surface area (Å²) in [6.45, 7) is 1.88. The van der Waals surface area contributed by atoms with Gasteiger partial charge in [0.25, 0.3) is 0 Å². The van der Waals surface area contributed by atoms with Crippen molar-refractivity contribution in [1.29, 1.82) is 0 Å². The first-order chi connectivity index (χ1) is 15.5. The molecular weight excluding hydrogens is 462 g/mol. The van der Waals surface area contributed by atoms with Gasteiger partial charge in [0, 0.05) is 12.5 Å². The Morgan fingerprint density at radius 1 is 1.27 bits per heavy atom. The lowest BCUT2D eigenvalue weighted by molar-refractivity contribution is -0.163. The van der Waals surface area contributed by atoms with Crippen molar-refractivity contribution in [3.63, 3.8) is 0 Å². The molecule has 0 aromatic heterocycles. The van der Waals surface area contributed by atoms with Gasteiger partial charge in [-0.2, -0.15) is 0 Å². The van der Waals surface area contributed by atoms with E-state index in [9.17, 15) is 32.7 Å². The molecule has 0 aliphatic carbocycles. The normalized spacial score (nSPS) is 19.3. The zero-order valence-corrected chi connectivity index (χ0v) is 18.6. The van der Waals surface area contributed by atoms with Crippen LogP contribution in [0, 0.1) is 0 Å². The number of hydrogen-bond donors (Lipinski definition) is 4. The minimum absolute atomic E-state index is 0.0831. The first-order valence-corrected chi connectivity index (χ1v) is 11.0. The van der Waals surface area contributed by atoms with Crippen LogP contribution in [-0.2, 0) is 36.2 Å². The van der Waals surface area contributed by atoms with Gasteiger partial charge in [-0.15, -0.1) is 0 Å². The van der Waals surface area contributed by atoms with E-state index in [2.05, 4.69) is 5.43 Å². The summed E-state index contributed by atoms with van der Waals surface area (Å²) >= 11 is 0. The third-order valence-corrected chi connectivity index (χ3v) is 6.56. The number of carboxylic acid groups (broad SMARTS) is 1. The van der Waals surface area contributed by atoms with E-state index in [1.54, 1.807) is 25.1 Å². The van der Waals surface area contributed by atoms with Gasteiger partial charge in [-0.1, -0.05) is 6.07 Å². The SMILES string of the molecule is C[C@@H]1CC(=O)N1[C@@H](C(=O)O)[C@](C)(COC(=O)NNC(=O)Cc1ccc2c(c1)OCO2)[SH](=O)=O. The number of β-lactam (4-membered cyclic amide) rings is 1. The minimum atomic E-state index is -3.44. The molecule has 33 heavy (non-hydrogen) atoms. The Kier molecular flexibility index (Phi) is 6.95. The summed E-state index contributed by atoms with van der Waals surface area (Å²) in [7, 11) is -3.44. The van der Waals surface area contributed by atoms with Gasteiger partial charge in [0.05, 0.1) is 6.42 Å². The minimum Gasteiger partial charge on any atom is -0.480 e. The molecule has 13 nitrogen and oxygen atoms in total. The Bertz CT molecular complexity index is 1050. The van der Waals surface area contributed by atoms with Gasteiger partial charge in [-0.3, -0.25) is 15.0 Å². The average Bonchev–Trinajstić information content (AvgIpc) is 3.21. The van der Waals surface area contributed by atoms with E-state index in [0.29, 0.717) is 17.1 Å². The number of thiol groups is 1. The molecule has 0 spiro atoms. The number of benzene rings is 1. The number of hydrazine groups is 1. The van der Waals surface area contributed by atoms with Gasteiger partial charge in [-0.25, -0.2) is 23.4 Å². The summed E-state index contributed by atoms with van der Waals surface area (Å²) < 4.78 is 37.0. The average molecular weight is 485 g/mol. The number of hydrogen-bond acceptors (Lipinski definition) is 9. The molecule has 3 N–H and O–H groups in total. The zero-order valence-electron chi connectivity index (χ0n) is 17.7. The van der Waals surface area contributed by atoms with Crippen LogP contribution in [0.25, 0.3) is 0 Å². The quantitative estimate of drug-likeness (QED) is 0.206. The molecule has 0 saturated carbocycles. The van der Waals surface area contributed by atoms with E-state index in [0.717, 1.165) is 11.8 Å². The predicted octanol–water partition coefficient (Wildman–Crippen LogP) is -0.841. The molecule has 3 atom stereocenters. The molecule has 14 heteroatoms. The van der Waals surface area contributed by atoms with Crippen molar-refractivity contribution in [3.8, 4) is 11.5 Å². The van der Waals surface area contributed by atoms with Gasteiger partial charge in [0.15, 0.2) is 28.2 Å². The van der Waals surface area contributed by atoms with E-state index in [4.69, 9.17) is 14.2 Å². The smallest absolute Gasteiger partial charge is 0.426 e. The number of nitrogens with zero attached hydrogens (tertiary/aromatic N) is 1. The maximum Gasteiger partial charge on any atom is 0.426 e. The van der Waals surface area contributed by atoms with Crippen molar-refractivity contribution in [2.24, 2.45) is 0 Å². The van der Waals surface area contributed by atoms with Crippen molar-refractivity contribution in [2.45, 2.75) is 43.5 Å². The number of fused-ring (bicyclic) bond motifs is 1. The van der Waals surface area contributed by atoms with E-state index in [1.807, 2.05) is 5.43 Å². The summed E-state index contributed by atoms with van der Waals surface area (Å²) in [5.41, 5.74) is 4.66. The highest BCUT2D eigenvalue weighted by molar-refractivity contribution is 7.74. The van der Waals surface area contributed by atoms with Crippen LogP contribution in [0.3, 0.4) is 0 Å². The molecule has 0 bridgehead atoms. The molecule has 2 aliphatic heterocycles. The molecule has 1 aromatic rings.